The molecular formula is C15H24N2O2. The molecule has 1 aliphatic rings. The summed E-state index contributed by atoms with van der Waals surface area (Å²) in [4.78, 5) is 2.31. The van der Waals surface area contributed by atoms with Gasteiger partial charge >= 0.3 is 0 Å². The molecule has 2 unspecified atom stereocenters. The minimum absolute atomic E-state index is 0.196. The molecule has 19 heavy (non-hydrogen) atoms. The second-order valence-electron chi connectivity index (χ2n) is 4.94. The third-order valence-electron chi connectivity index (χ3n) is 3.53. The van der Waals surface area contributed by atoms with Crippen molar-refractivity contribution in [2.45, 2.75) is 19.1 Å². The van der Waals surface area contributed by atoms with Crippen molar-refractivity contribution in [1.29, 1.82) is 0 Å². The van der Waals surface area contributed by atoms with Gasteiger partial charge in [0.25, 0.3) is 0 Å². The van der Waals surface area contributed by atoms with Crippen LogP contribution in [0.5, 0.6) is 5.75 Å². The van der Waals surface area contributed by atoms with Crippen LogP contribution in [0.15, 0.2) is 24.3 Å². The first kappa shape index (κ1) is 14.3. The maximum Gasteiger partial charge on any atom is 0.119 e. The lowest BCUT2D eigenvalue weighted by Crippen LogP contribution is -2.46. The van der Waals surface area contributed by atoms with Crippen molar-refractivity contribution in [2.75, 3.05) is 40.4 Å². The molecule has 0 aromatic heterocycles. The highest BCUT2D eigenvalue weighted by Gasteiger charge is 2.26. The van der Waals surface area contributed by atoms with E-state index < -0.39 is 0 Å². The SMILES string of the molecule is CCOc1ccc(C(NC)C2CN(C)CCO2)cc1. The van der Waals surface area contributed by atoms with E-state index >= 15 is 0 Å². The van der Waals surface area contributed by atoms with Gasteiger partial charge in [0.2, 0.25) is 0 Å². The zero-order valence-electron chi connectivity index (χ0n) is 12.1. The first-order valence-corrected chi connectivity index (χ1v) is 6.94. The van der Waals surface area contributed by atoms with Crippen molar-refractivity contribution in [1.82, 2.24) is 10.2 Å². The smallest absolute Gasteiger partial charge is 0.119 e. The molecule has 4 nitrogen and oxygen atoms in total. The first-order valence-electron chi connectivity index (χ1n) is 6.94. The van der Waals surface area contributed by atoms with Gasteiger partial charge < -0.3 is 19.7 Å². The molecule has 2 rings (SSSR count). The third-order valence-corrected chi connectivity index (χ3v) is 3.53. The fourth-order valence-electron chi connectivity index (χ4n) is 2.52. The molecule has 0 aliphatic carbocycles. The Morgan fingerprint density at radius 3 is 2.74 bits per heavy atom. The molecule has 0 saturated carbocycles. The number of benzene rings is 1. The van der Waals surface area contributed by atoms with Crippen LogP contribution in [0.1, 0.15) is 18.5 Å². The standard InChI is InChI=1S/C15H24N2O2/c1-4-18-13-7-5-12(6-8-13)15(16-2)14-11-17(3)9-10-19-14/h5-8,14-16H,4,9-11H2,1-3H3. The van der Waals surface area contributed by atoms with Gasteiger partial charge in [-0.25, -0.2) is 0 Å². The van der Waals surface area contributed by atoms with Crippen molar-refractivity contribution in [3.05, 3.63) is 29.8 Å². The molecule has 1 saturated heterocycles. The zero-order chi connectivity index (χ0) is 13.7. The summed E-state index contributed by atoms with van der Waals surface area (Å²) in [5.74, 6) is 0.919. The van der Waals surface area contributed by atoms with Crippen LogP contribution in [0.2, 0.25) is 0 Å². The van der Waals surface area contributed by atoms with E-state index in [0.29, 0.717) is 6.61 Å². The van der Waals surface area contributed by atoms with E-state index in [0.717, 1.165) is 25.4 Å². The second-order valence-corrected chi connectivity index (χ2v) is 4.94. The van der Waals surface area contributed by atoms with Gasteiger partial charge in [0.15, 0.2) is 0 Å². The quantitative estimate of drug-likeness (QED) is 0.877. The van der Waals surface area contributed by atoms with E-state index in [1.54, 1.807) is 0 Å². The Balaban J connectivity index is 2.07. The maximum atomic E-state index is 5.90. The molecule has 4 heteroatoms. The summed E-state index contributed by atoms with van der Waals surface area (Å²) in [6.07, 6.45) is 0.196. The topological polar surface area (TPSA) is 33.7 Å². The second kappa shape index (κ2) is 6.89. The van der Waals surface area contributed by atoms with Crippen molar-refractivity contribution in [3.63, 3.8) is 0 Å². The Morgan fingerprint density at radius 1 is 1.42 bits per heavy atom. The van der Waals surface area contributed by atoms with Crippen LogP contribution in [-0.4, -0.2) is 51.4 Å². The fourth-order valence-corrected chi connectivity index (χ4v) is 2.52. The van der Waals surface area contributed by atoms with E-state index in [4.69, 9.17) is 9.47 Å². The molecule has 1 aromatic carbocycles. The molecule has 1 N–H and O–H groups in total. The molecule has 2 atom stereocenters. The molecule has 0 radical (unpaired) electrons. The average molecular weight is 264 g/mol. The predicted octanol–water partition coefficient (Wildman–Crippen LogP) is 1.68. The Kier molecular flexibility index (Phi) is 5.19. The van der Waals surface area contributed by atoms with Gasteiger partial charge in [0, 0.05) is 13.1 Å². The first-order chi connectivity index (χ1) is 9.24. The Bertz CT molecular complexity index is 380. The zero-order valence-corrected chi connectivity index (χ0v) is 12.1. The monoisotopic (exact) mass is 264 g/mol. The summed E-state index contributed by atoms with van der Waals surface area (Å²) >= 11 is 0. The highest BCUT2D eigenvalue weighted by molar-refractivity contribution is 5.30. The molecular weight excluding hydrogens is 240 g/mol. The summed E-state index contributed by atoms with van der Waals surface area (Å²) < 4.78 is 11.4. The molecule has 1 aliphatic heterocycles. The number of ether oxygens (including phenoxy) is 2. The van der Waals surface area contributed by atoms with Gasteiger partial charge in [-0.1, -0.05) is 12.1 Å². The largest absolute Gasteiger partial charge is 0.494 e. The van der Waals surface area contributed by atoms with Crippen molar-refractivity contribution in [3.8, 4) is 5.75 Å². The molecule has 0 bridgehead atoms. The number of rotatable bonds is 5. The van der Waals surface area contributed by atoms with Crippen LogP contribution < -0.4 is 10.1 Å². The van der Waals surface area contributed by atoms with Gasteiger partial charge in [0.05, 0.1) is 25.4 Å². The van der Waals surface area contributed by atoms with E-state index in [9.17, 15) is 0 Å². The predicted molar refractivity (Wildman–Crippen MR) is 76.6 cm³/mol. The molecule has 1 fully saturated rings. The van der Waals surface area contributed by atoms with Gasteiger partial charge in [-0.05, 0) is 38.7 Å². The lowest BCUT2D eigenvalue weighted by Gasteiger charge is -2.35. The number of hydrogen-bond donors (Lipinski definition) is 1. The number of morpholine rings is 1. The van der Waals surface area contributed by atoms with Gasteiger partial charge in [-0.3, -0.25) is 0 Å². The lowest BCUT2D eigenvalue weighted by atomic mass is 10.00. The number of likely N-dealkylation sites (N-methyl/N-ethyl adjacent to an activating group) is 2. The summed E-state index contributed by atoms with van der Waals surface area (Å²) in [6, 6.07) is 8.50. The van der Waals surface area contributed by atoms with Crippen LogP contribution in [0, 0.1) is 0 Å². The van der Waals surface area contributed by atoms with E-state index in [-0.39, 0.29) is 12.1 Å². The Morgan fingerprint density at radius 2 is 2.16 bits per heavy atom. The van der Waals surface area contributed by atoms with Crippen molar-refractivity contribution < 1.29 is 9.47 Å². The number of nitrogens with one attached hydrogen (secondary N) is 1. The average Bonchev–Trinajstić information content (AvgIpc) is 2.42. The number of hydrogen-bond acceptors (Lipinski definition) is 4. The molecule has 0 amide bonds. The molecule has 106 valence electrons. The van der Waals surface area contributed by atoms with Crippen molar-refractivity contribution >= 4 is 0 Å². The minimum Gasteiger partial charge on any atom is -0.494 e. The third kappa shape index (κ3) is 3.69. The van der Waals surface area contributed by atoms with E-state index in [1.165, 1.54) is 5.56 Å². The van der Waals surface area contributed by atoms with E-state index in [2.05, 4.69) is 29.4 Å². The van der Waals surface area contributed by atoms with Crippen LogP contribution in [0.4, 0.5) is 0 Å². The summed E-state index contributed by atoms with van der Waals surface area (Å²) in [5.41, 5.74) is 1.24. The van der Waals surface area contributed by atoms with E-state index in [1.807, 2.05) is 26.1 Å². The molecule has 0 spiro atoms. The fraction of sp³-hybridized carbons (Fsp3) is 0.600. The van der Waals surface area contributed by atoms with Gasteiger partial charge in [-0.15, -0.1) is 0 Å². The normalized spacial score (nSPS) is 22.2. The molecule has 1 heterocycles. The minimum atomic E-state index is 0.196. The summed E-state index contributed by atoms with van der Waals surface area (Å²) in [5, 5.41) is 3.37. The maximum absolute atomic E-state index is 5.90. The van der Waals surface area contributed by atoms with Crippen LogP contribution in [0.3, 0.4) is 0 Å². The van der Waals surface area contributed by atoms with Crippen molar-refractivity contribution in [2.24, 2.45) is 0 Å². The van der Waals surface area contributed by atoms with Crippen LogP contribution >= 0.6 is 0 Å². The summed E-state index contributed by atoms with van der Waals surface area (Å²) in [6.45, 7) is 5.46. The highest BCUT2D eigenvalue weighted by Crippen LogP contribution is 2.24. The van der Waals surface area contributed by atoms with Crippen LogP contribution in [-0.2, 0) is 4.74 Å². The van der Waals surface area contributed by atoms with Gasteiger partial charge in [-0.2, -0.15) is 0 Å². The number of nitrogens with zero attached hydrogens (tertiary/aromatic N) is 1. The Hall–Kier alpha value is -1.10. The summed E-state index contributed by atoms with van der Waals surface area (Å²) in [7, 11) is 4.12. The lowest BCUT2D eigenvalue weighted by molar-refractivity contribution is -0.0380. The van der Waals surface area contributed by atoms with Crippen LogP contribution in [0.25, 0.3) is 0 Å². The van der Waals surface area contributed by atoms with Gasteiger partial charge in [0.1, 0.15) is 5.75 Å². The molecule has 1 aromatic rings. The Labute approximate surface area is 115 Å². The highest BCUT2D eigenvalue weighted by atomic mass is 16.5.